The molecule has 0 spiro atoms. The van der Waals surface area contributed by atoms with Gasteiger partial charge in [-0.1, -0.05) is 13.2 Å². The molecule has 1 atom stereocenters. The van der Waals surface area contributed by atoms with Gasteiger partial charge in [0.15, 0.2) is 17.7 Å². The molecule has 78 valence electrons. The lowest BCUT2D eigenvalue weighted by molar-refractivity contribution is -0.140. The van der Waals surface area contributed by atoms with E-state index in [2.05, 4.69) is 13.2 Å². The van der Waals surface area contributed by atoms with Crippen LogP contribution in [-0.4, -0.2) is 30.4 Å². The van der Waals surface area contributed by atoms with Crippen molar-refractivity contribution in [3.63, 3.8) is 0 Å². The number of ketones is 2. The second-order valence-corrected chi connectivity index (χ2v) is 2.50. The number of hydrogen-bond acceptors (Lipinski definition) is 5. The number of carbonyl (C=O) groups excluding carboxylic acids is 2. The minimum atomic E-state index is -1.27. The average molecular weight is 198 g/mol. The van der Waals surface area contributed by atoms with Crippen molar-refractivity contribution in [2.45, 2.75) is 12.3 Å². The Morgan fingerprint density at radius 3 is 2.00 bits per heavy atom. The van der Waals surface area contributed by atoms with Crippen LogP contribution in [0.25, 0.3) is 0 Å². The first-order valence-electron chi connectivity index (χ1n) is 4.00. The molecular formula is C9H14N2O3. The van der Waals surface area contributed by atoms with Gasteiger partial charge in [-0.05, 0) is 12.2 Å². The predicted octanol–water partition coefficient (Wildman–Crippen LogP) is -0.875. The largest absolute Gasteiger partial charge is 0.343 e. The average Bonchev–Trinajstić information content (AvgIpc) is 2.23. The van der Waals surface area contributed by atoms with E-state index in [1.54, 1.807) is 0 Å². The number of rotatable bonds is 7. The summed E-state index contributed by atoms with van der Waals surface area (Å²) in [4.78, 5) is 22.3. The molecule has 0 aromatic rings. The van der Waals surface area contributed by atoms with Crippen molar-refractivity contribution in [2.75, 3.05) is 6.54 Å². The fourth-order valence-electron chi connectivity index (χ4n) is 0.719. The van der Waals surface area contributed by atoms with Gasteiger partial charge < -0.3 is 16.2 Å². The summed E-state index contributed by atoms with van der Waals surface area (Å²) < 4.78 is 4.92. The molecule has 0 aliphatic carbocycles. The molecule has 0 amide bonds. The summed E-state index contributed by atoms with van der Waals surface area (Å²) in [6, 6.07) is 0. The minimum absolute atomic E-state index is 0.0192. The molecule has 0 heterocycles. The van der Waals surface area contributed by atoms with Crippen molar-refractivity contribution in [3.05, 3.63) is 25.3 Å². The van der Waals surface area contributed by atoms with Gasteiger partial charge in [0.25, 0.3) is 0 Å². The van der Waals surface area contributed by atoms with Crippen molar-refractivity contribution in [1.29, 1.82) is 0 Å². The van der Waals surface area contributed by atoms with Crippen LogP contribution in [0, 0.1) is 0 Å². The molecule has 0 saturated heterocycles. The molecule has 0 radical (unpaired) electrons. The van der Waals surface area contributed by atoms with Crippen molar-refractivity contribution in [1.82, 2.24) is 0 Å². The normalized spacial score (nSPS) is 12.2. The highest BCUT2D eigenvalue weighted by Crippen LogP contribution is 2.00. The maximum Gasteiger partial charge on any atom is 0.191 e. The fourth-order valence-corrected chi connectivity index (χ4v) is 0.719. The maximum absolute atomic E-state index is 11.2. The van der Waals surface area contributed by atoms with Gasteiger partial charge >= 0.3 is 0 Å². The quantitative estimate of drug-likeness (QED) is 0.315. The van der Waals surface area contributed by atoms with Gasteiger partial charge in [0, 0.05) is 6.54 Å². The number of ether oxygens (including phenoxy) is 1. The first-order chi connectivity index (χ1) is 6.56. The Labute approximate surface area is 82.4 Å². The second-order valence-electron chi connectivity index (χ2n) is 2.50. The third kappa shape index (κ3) is 3.61. The van der Waals surface area contributed by atoms with Gasteiger partial charge in [0.1, 0.15) is 6.23 Å². The smallest absolute Gasteiger partial charge is 0.191 e. The zero-order chi connectivity index (χ0) is 11.1. The van der Waals surface area contributed by atoms with Crippen LogP contribution in [0.2, 0.25) is 0 Å². The second kappa shape index (κ2) is 6.20. The summed E-state index contributed by atoms with van der Waals surface area (Å²) in [5, 5.41) is 0. The van der Waals surface area contributed by atoms with Crippen LogP contribution in [0.1, 0.15) is 0 Å². The molecule has 0 aliphatic rings. The third-order valence-corrected chi connectivity index (χ3v) is 1.46. The number of hydrogen-bond donors (Lipinski definition) is 2. The monoisotopic (exact) mass is 198 g/mol. The van der Waals surface area contributed by atoms with Crippen LogP contribution in [0.3, 0.4) is 0 Å². The lowest BCUT2D eigenvalue weighted by atomic mass is 10.1. The maximum atomic E-state index is 11.2. The van der Waals surface area contributed by atoms with E-state index >= 15 is 0 Å². The number of nitrogens with two attached hydrogens (primary N) is 2. The van der Waals surface area contributed by atoms with Gasteiger partial charge in [-0.25, -0.2) is 0 Å². The number of carbonyl (C=O) groups is 2. The van der Waals surface area contributed by atoms with Gasteiger partial charge in [0.05, 0.1) is 0 Å². The van der Waals surface area contributed by atoms with E-state index in [1.807, 2.05) is 0 Å². The lowest BCUT2D eigenvalue weighted by Crippen LogP contribution is -2.42. The van der Waals surface area contributed by atoms with Crippen molar-refractivity contribution in [2.24, 2.45) is 11.5 Å². The van der Waals surface area contributed by atoms with Crippen LogP contribution in [-0.2, 0) is 14.3 Å². The van der Waals surface area contributed by atoms with Crippen molar-refractivity contribution < 1.29 is 14.3 Å². The fraction of sp³-hybridized carbons (Fsp3) is 0.333. The summed E-state index contributed by atoms with van der Waals surface area (Å²) in [7, 11) is 0. The Morgan fingerprint density at radius 1 is 1.29 bits per heavy atom. The minimum Gasteiger partial charge on any atom is -0.343 e. The zero-order valence-corrected chi connectivity index (χ0v) is 7.81. The van der Waals surface area contributed by atoms with E-state index in [9.17, 15) is 9.59 Å². The third-order valence-electron chi connectivity index (χ3n) is 1.46. The van der Waals surface area contributed by atoms with E-state index in [0.29, 0.717) is 0 Å². The summed E-state index contributed by atoms with van der Waals surface area (Å²) in [5.41, 5.74) is 10.5. The Kier molecular flexibility index (Phi) is 5.62. The lowest BCUT2D eigenvalue weighted by Gasteiger charge is -2.16. The summed E-state index contributed by atoms with van der Waals surface area (Å²) in [5.74, 6) is -1.11. The van der Waals surface area contributed by atoms with Crippen LogP contribution in [0.4, 0.5) is 0 Å². The Hall–Kier alpha value is -1.30. The highest BCUT2D eigenvalue weighted by atomic mass is 16.5. The van der Waals surface area contributed by atoms with Gasteiger partial charge in [-0.3, -0.25) is 9.59 Å². The molecule has 5 heteroatoms. The van der Waals surface area contributed by atoms with Gasteiger partial charge in [-0.2, -0.15) is 0 Å². The molecule has 0 rings (SSSR count). The topological polar surface area (TPSA) is 95.4 Å². The van der Waals surface area contributed by atoms with Crippen molar-refractivity contribution >= 4 is 11.6 Å². The van der Waals surface area contributed by atoms with E-state index < -0.39 is 23.9 Å². The molecule has 1 unspecified atom stereocenters. The van der Waals surface area contributed by atoms with Gasteiger partial charge in [0.2, 0.25) is 0 Å². The van der Waals surface area contributed by atoms with E-state index in [0.717, 1.165) is 12.2 Å². The molecule has 0 aromatic carbocycles. The SMILES string of the molecule is C=CC(=O)C(OC(N)CN)C(=O)C=C. The molecule has 0 aliphatic heterocycles. The highest BCUT2D eigenvalue weighted by molar-refractivity contribution is 6.13. The highest BCUT2D eigenvalue weighted by Gasteiger charge is 2.24. The molecular weight excluding hydrogens is 184 g/mol. The molecule has 5 nitrogen and oxygen atoms in total. The molecule has 14 heavy (non-hydrogen) atoms. The molecule has 0 fully saturated rings. The van der Waals surface area contributed by atoms with E-state index in [4.69, 9.17) is 16.2 Å². The Morgan fingerprint density at radius 2 is 1.71 bits per heavy atom. The summed E-state index contributed by atoms with van der Waals surface area (Å²) in [6.45, 7) is 6.51. The first-order valence-corrected chi connectivity index (χ1v) is 4.00. The van der Waals surface area contributed by atoms with Gasteiger partial charge in [-0.15, -0.1) is 0 Å². The van der Waals surface area contributed by atoms with E-state index in [-0.39, 0.29) is 6.54 Å². The summed E-state index contributed by atoms with van der Waals surface area (Å²) >= 11 is 0. The van der Waals surface area contributed by atoms with Crippen LogP contribution >= 0.6 is 0 Å². The zero-order valence-electron chi connectivity index (χ0n) is 7.81. The van der Waals surface area contributed by atoms with Crippen LogP contribution < -0.4 is 11.5 Å². The molecule has 0 bridgehead atoms. The summed E-state index contributed by atoms with van der Waals surface area (Å²) in [6.07, 6.45) is -0.138. The van der Waals surface area contributed by atoms with E-state index in [1.165, 1.54) is 0 Å². The Balaban J connectivity index is 4.55. The van der Waals surface area contributed by atoms with Crippen LogP contribution in [0.5, 0.6) is 0 Å². The Bertz CT molecular complexity index is 230. The van der Waals surface area contributed by atoms with Crippen LogP contribution in [0.15, 0.2) is 25.3 Å². The first kappa shape index (κ1) is 12.7. The predicted molar refractivity (Wildman–Crippen MR) is 52.3 cm³/mol. The standard InChI is InChI=1S/C9H14N2O3/c1-3-6(12)9(7(13)4-2)14-8(11)5-10/h3-4,8-9H,1-2,5,10-11H2. The molecule has 4 N–H and O–H groups in total. The molecule has 0 saturated carbocycles. The van der Waals surface area contributed by atoms with Crippen molar-refractivity contribution in [3.8, 4) is 0 Å². The molecule has 0 aromatic heterocycles.